The van der Waals surface area contributed by atoms with Gasteiger partial charge in [-0.05, 0) is 62.8 Å². The zero-order valence-electron chi connectivity index (χ0n) is 17.7. The smallest absolute Gasteiger partial charge is 0.230 e. The minimum atomic E-state index is -3.61. The second-order valence-electron chi connectivity index (χ2n) is 9.12. The molecule has 2 fully saturated rings. The first-order valence-electron chi connectivity index (χ1n) is 11.3. The van der Waals surface area contributed by atoms with Crippen molar-refractivity contribution in [2.24, 2.45) is 5.92 Å². The van der Waals surface area contributed by atoms with Crippen LogP contribution in [0.15, 0.2) is 23.1 Å². The van der Waals surface area contributed by atoms with Crippen molar-refractivity contribution < 1.29 is 18.0 Å². The maximum atomic E-state index is 13.1. The zero-order chi connectivity index (χ0) is 21.3. The summed E-state index contributed by atoms with van der Waals surface area (Å²) in [5, 5.41) is 2.26. The summed E-state index contributed by atoms with van der Waals surface area (Å²) in [6.45, 7) is 2.23. The Labute approximate surface area is 179 Å². The molecule has 1 N–H and O–H groups in total. The van der Waals surface area contributed by atoms with E-state index in [0.29, 0.717) is 13.0 Å². The van der Waals surface area contributed by atoms with Gasteiger partial charge in [-0.15, -0.1) is 0 Å². The molecular weight excluding hydrogens is 400 g/mol. The number of rotatable bonds is 6. The quantitative estimate of drug-likeness (QED) is 0.699. The Kier molecular flexibility index (Phi) is 6.19. The molecule has 2 amide bonds. The van der Waals surface area contributed by atoms with Crippen LogP contribution in [0.2, 0.25) is 0 Å². The summed E-state index contributed by atoms with van der Waals surface area (Å²) in [6, 6.07) is 5.22. The van der Waals surface area contributed by atoms with Gasteiger partial charge in [0.25, 0.3) is 0 Å². The Bertz CT molecular complexity index is 915. The standard InChI is InChI=1S/C23H32N2O4S/c1-16(14-22(26)24-19-6-4-2-3-5-7-19)30(28,29)20-10-11-21-18(15-20)12-13-25(21)23(27)17-8-9-17/h10-11,15-17,19H,2-9,12-14H2,1H3,(H,24,26)/t16-/m0/s1. The summed E-state index contributed by atoms with van der Waals surface area (Å²) < 4.78 is 26.2. The Morgan fingerprint density at radius 1 is 1.10 bits per heavy atom. The number of nitrogens with one attached hydrogen (secondary N) is 1. The molecule has 0 aromatic heterocycles. The summed E-state index contributed by atoms with van der Waals surface area (Å²) in [6.07, 6.45) is 9.17. The van der Waals surface area contributed by atoms with Gasteiger partial charge >= 0.3 is 0 Å². The lowest BCUT2D eigenvalue weighted by Gasteiger charge is -2.19. The van der Waals surface area contributed by atoms with Crippen LogP contribution >= 0.6 is 0 Å². The number of carbonyl (C=O) groups is 2. The molecule has 2 saturated carbocycles. The minimum absolute atomic E-state index is 0.0256. The predicted molar refractivity (Wildman–Crippen MR) is 116 cm³/mol. The average molecular weight is 433 g/mol. The van der Waals surface area contributed by atoms with Gasteiger partial charge in [0.15, 0.2) is 9.84 Å². The van der Waals surface area contributed by atoms with Crippen LogP contribution in [-0.2, 0) is 25.8 Å². The largest absolute Gasteiger partial charge is 0.353 e. The van der Waals surface area contributed by atoms with Crippen molar-refractivity contribution in [1.82, 2.24) is 5.32 Å². The second-order valence-corrected chi connectivity index (χ2v) is 11.5. The lowest BCUT2D eigenvalue weighted by molar-refractivity contribution is -0.122. The third-order valence-electron chi connectivity index (χ3n) is 6.69. The summed E-state index contributed by atoms with van der Waals surface area (Å²) in [5.41, 5.74) is 1.74. The maximum Gasteiger partial charge on any atom is 0.230 e. The molecule has 30 heavy (non-hydrogen) atoms. The number of benzene rings is 1. The second kappa shape index (κ2) is 8.69. The van der Waals surface area contributed by atoms with E-state index >= 15 is 0 Å². The minimum Gasteiger partial charge on any atom is -0.353 e. The topological polar surface area (TPSA) is 83.6 Å². The molecule has 0 radical (unpaired) electrons. The van der Waals surface area contributed by atoms with Gasteiger partial charge in [-0.1, -0.05) is 25.7 Å². The lowest BCUT2D eigenvalue weighted by atomic mass is 10.1. The van der Waals surface area contributed by atoms with Crippen molar-refractivity contribution in [3.8, 4) is 0 Å². The third kappa shape index (κ3) is 4.56. The third-order valence-corrected chi connectivity index (χ3v) is 8.83. The van der Waals surface area contributed by atoms with Crippen LogP contribution in [0.1, 0.15) is 70.3 Å². The fourth-order valence-corrected chi connectivity index (χ4v) is 6.05. The van der Waals surface area contributed by atoms with Crippen molar-refractivity contribution in [3.63, 3.8) is 0 Å². The average Bonchev–Trinajstić information content (AvgIpc) is 3.51. The number of sulfone groups is 1. The number of nitrogens with zero attached hydrogens (tertiary/aromatic N) is 1. The molecule has 0 unspecified atom stereocenters. The van der Waals surface area contributed by atoms with Gasteiger partial charge in [-0.25, -0.2) is 8.42 Å². The van der Waals surface area contributed by atoms with Crippen molar-refractivity contribution in [1.29, 1.82) is 0 Å². The first-order chi connectivity index (χ1) is 14.4. The molecule has 6 nitrogen and oxygen atoms in total. The highest BCUT2D eigenvalue weighted by atomic mass is 32.2. The van der Waals surface area contributed by atoms with Crippen LogP contribution in [0.3, 0.4) is 0 Å². The summed E-state index contributed by atoms with van der Waals surface area (Å²) in [4.78, 5) is 26.9. The predicted octanol–water partition coefficient (Wildman–Crippen LogP) is 3.38. The van der Waals surface area contributed by atoms with E-state index in [-0.39, 0.29) is 35.1 Å². The SMILES string of the molecule is C[C@@H](CC(=O)NC1CCCCCC1)S(=O)(=O)c1ccc2c(c1)CCN2C(=O)C1CC1. The first-order valence-corrected chi connectivity index (χ1v) is 12.9. The lowest BCUT2D eigenvalue weighted by Crippen LogP contribution is -2.37. The normalized spacial score (nSPS) is 21.0. The fourth-order valence-electron chi connectivity index (χ4n) is 4.65. The Hall–Kier alpha value is -1.89. The molecule has 1 atom stereocenters. The highest BCUT2D eigenvalue weighted by Gasteiger charge is 2.37. The molecule has 1 aromatic carbocycles. The number of fused-ring (bicyclic) bond motifs is 1. The Morgan fingerprint density at radius 2 is 1.80 bits per heavy atom. The van der Waals surface area contributed by atoms with Gasteiger partial charge in [-0.3, -0.25) is 9.59 Å². The van der Waals surface area contributed by atoms with E-state index < -0.39 is 15.1 Å². The highest BCUT2D eigenvalue weighted by molar-refractivity contribution is 7.92. The van der Waals surface area contributed by atoms with Crippen molar-refractivity contribution in [2.75, 3.05) is 11.4 Å². The van der Waals surface area contributed by atoms with Crippen LogP contribution in [0.4, 0.5) is 5.69 Å². The monoisotopic (exact) mass is 432 g/mol. The molecule has 1 aliphatic heterocycles. The maximum absolute atomic E-state index is 13.1. The number of anilines is 1. The van der Waals surface area contributed by atoms with Crippen LogP contribution in [0.5, 0.6) is 0 Å². The van der Waals surface area contributed by atoms with Crippen molar-refractivity contribution >= 4 is 27.3 Å². The van der Waals surface area contributed by atoms with E-state index in [1.807, 2.05) is 0 Å². The number of hydrogen-bond donors (Lipinski definition) is 1. The Morgan fingerprint density at radius 3 is 2.47 bits per heavy atom. The number of amides is 2. The molecule has 164 valence electrons. The summed E-state index contributed by atoms with van der Waals surface area (Å²) in [7, 11) is -3.61. The molecule has 0 saturated heterocycles. The zero-order valence-corrected chi connectivity index (χ0v) is 18.5. The molecule has 7 heteroatoms. The van der Waals surface area contributed by atoms with Crippen LogP contribution in [0, 0.1) is 5.92 Å². The van der Waals surface area contributed by atoms with Gasteiger partial charge in [0, 0.05) is 30.6 Å². The Balaban J connectivity index is 1.41. The van der Waals surface area contributed by atoms with E-state index in [1.165, 1.54) is 12.8 Å². The number of hydrogen-bond acceptors (Lipinski definition) is 4. The van der Waals surface area contributed by atoms with Gasteiger partial charge in [0.2, 0.25) is 11.8 Å². The fraction of sp³-hybridized carbons (Fsp3) is 0.652. The first kappa shape index (κ1) is 21.3. The summed E-state index contributed by atoms with van der Waals surface area (Å²) in [5.74, 6) is 0.125. The van der Waals surface area contributed by atoms with Crippen molar-refractivity contribution in [2.45, 2.75) is 87.3 Å². The van der Waals surface area contributed by atoms with E-state index in [1.54, 1.807) is 30.0 Å². The van der Waals surface area contributed by atoms with E-state index in [9.17, 15) is 18.0 Å². The molecule has 1 heterocycles. The van der Waals surface area contributed by atoms with Gasteiger partial charge in [0.05, 0.1) is 10.1 Å². The van der Waals surface area contributed by atoms with E-state index in [4.69, 9.17) is 0 Å². The van der Waals surface area contributed by atoms with Gasteiger partial charge in [-0.2, -0.15) is 0 Å². The van der Waals surface area contributed by atoms with Gasteiger partial charge < -0.3 is 10.2 Å². The summed E-state index contributed by atoms with van der Waals surface area (Å²) >= 11 is 0. The van der Waals surface area contributed by atoms with Crippen molar-refractivity contribution in [3.05, 3.63) is 23.8 Å². The van der Waals surface area contributed by atoms with Crippen LogP contribution in [0.25, 0.3) is 0 Å². The highest BCUT2D eigenvalue weighted by Crippen LogP contribution is 2.37. The van der Waals surface area contributed by atoms with Crippen LogP contribution < -0.4 is 10.2 Å². The molecular formula is C23H32N2O4S. The van der Waals surface area contributed by atoms with E-state index in [2.05, 4.69) is 5.32 Å². The molecule has 2 aliphatic carbocycles. The molecule has 3 aliphatic rings. The van der Waals surface area contributed by atoms with Gasteiger partial charge in [0.1, 0.15) is 0 Å². The van der Waals surface area contributed by atoms with Crippen LogP contribution in [-0.4, -0.2) is 38.1 Å². The molecule has 0 bridgehead atoms. The molecule has 4 rings (SSSR count). The molecule has 0 spiro atoms. The molecule has 1 aromatic rings. The van der Waals surface area contributed by atoms with E-state index in [0.717, 1.165) is 49.8 Å². The number of carbonyl (C=O) groups excluding carboxylic acids is 2.